The number of hydrogen-bond acceptors (Lipinski definition) is 4. The largest absolute Gasteiger partial charge is 0.768 e. The molecule has 0 aliphatic rings. The Hall–Kier alpha value is -1.40. The van der Waals surface area contributed by atoms with Crippen LogP contribution < -0.4 is 4.74 Å². The number of carboxylic acid groups (broad SMARTS) is 1. The molecule has 0 radical (unpaired) electrons. The summed E-state index contributed by atoms with van der Waals surface area (Å²) in [6.45, 7) is 2.03. The maximum atomic E-state index is 10.8. The molecule has 0 fully saturated rings. The Balaban J connectivity index is 3.20. The van der Waals surface area contributed by atoms with Crippen molar-refractivity contribution in [2.24, 2.45) is 0 Å². The van der Waals surface area contributed by atoms with Gasteiger partial charge in [0, 0.05) is 4.90 Å². The molecule has 0 heterocycles. The van der Waals surface area contributed by atoms with Gasteiger partial charge in [-0.2, -0.15) is 0 Å². The molecule has 1 aromatic carbocycles. The van der Waals surface area contributed by atoms with Gasteiger partial charge in [-0.05, 0) is 36.2 Å². The van der Waals surface area contributed by atoms with E-state index in [2.05, 4.69) is 0 Å². The third-order valence-electron chi connectivity index (χ3n) is 1.67. The predicted molar refractivity (Wildman–Crippen MR) is 51.8 cm³/mol. The second kappa shape index (κ2) is 4.90. The van der Waals surface area contributed by atoms with E-state index in [1.807, 2.05) is 0 Å². The Morgan fingerprint density at radius 2 is 2.27 bits per heavy atom. The first kappa shape index (κ1) is 11.7. The van der Waals surface area contributed by atoms with Gasteiger partial charge >= 0.3 is 5.97 Å². The molecule has 15 heavy (non-hydrogen) atoms. The van der Waals surface area contributed by atoms with Crippen LogP contribution in [0.15, 0.2) is 23.1 Å². The van der Waals surface area contributed by atoms with Gasteiger partial charge in [0.05, 0.1) is 6.61 Å². The van der Waals surface area contributed by atoms with Gasteiger partial charge in [-0.1, -0.05) is 0 Å². The third kappa shape index (κ3) is 2.77. The van der Waals surface area contributed by atoms with E-state index in [9.17, 15) is 13.6 Å². The van der Waals surface area contributed by atoms with Crippen molar-refractivity contribution in [2.45, 2.75) is 11.8 Å². The molecule has 0 saturated heterocycles. The topological polar surface area (TPSA) is 86.7 Å². The van der Waals surface area contributed by atoms with Crippen LogP contribution in [0.1, 0.15) is 17.3 Å². The van der Waals surface area contributed by atoms with Crippen LogP contribution in [0.5, 0.6) is 5.75 Å². The fraction of sp³-hybridized carbons (Fsp3) is 0.222. The number of carboxylic acids is 1. The lowest BCUT2D eigenvalue weighted by atomic mass is 10.2. The molecular formula is C9H9O5S-. The van der Waals surface area contributed by atoms with Crippen LogP contribution in [0.25, 0.3) is 0 Å². The number of rotatable bonds is 4. The quantitative estimate of drug-likeness (QED) is 0.779. The number of benzene rings is 1. The van der Waals surface area contributed by atoms with Crippen molar-refractivity contribution in [3.63, 3.8) is 0 Å². The normalized spacial score (nSPS) is 12.1. The van der Waals surface area contributed by atoms with Crippen LogP contribution in [0.4, 0.5) is 0 Å². The zero-order valence-corrected chi connectivity index (χ0v) is 8.74. The average molecular weight is 229 g/mol. The molecule has 0 aliphatic heterocycles. The average Bonchev–Trinajstić information content (AvgIpc) is 2.18. The summed E-state index contributed by atoms with van der Waals surface area (Å²) >= 11 is -2.44. The first-order valence-electron chi connectivity index (χ1n) is 4.15. The standard InChI is InChI=1S/C9H10O5S/c1-2-14-8-4-3-6(15(12)13)5-7(8)9(10)11/h3-5H,2H2,1H3,(H,10,11)(H,12,13)/p-1. The molecule has 1 aromatic rings. The van der Waals surface area contributed by atoms with Gasteiger partial charge < -0.3 is 14.4 Å². The van der Waals surface area contributed by atoms with Gasteiger partial charge in [-0.25, -0.2) is 4.79 Å². The first-order valence-corrected chi connectivity index (χ1v) is 5.23. The molecule has 6 heteroatoms. The van der Waals surface area contributed by atoms with E-state index in [-0.39, 0.29) is 16.2 Å². The Morgan fingerprint density at radius 3 is 2.73 bits per heavy atom. The minimum atomic E-state index is -2.44. The van der Waals surface area contributed by atoms with Gasteiger partial charge in [-0.15, -0.1) is 0 Å². The first-order chi connectivity index (χ1) is 7.06. The highest BCUT2D eigenvalue weighted by molar-refractivity contribution is 7.79. The molecule has 1 N–H and O–H groups in total. The van der Waals surface area contributed by atoms with E-state index in [0.29, 0.717) is 6.61 Å². The van der Waals surface area contributed by atoms with E-state index in [1.165, 1.54) is 12.1 Å². The molecule has 0 saturated carbocycles. The molecule has 0 spiro atoms. The van der Waals surface area contributed by atoms with Gasteiger partial charge in [0.15, 0.2) is 0 Å². The molecule has 0 bridgehead atoms. The van der Waals surface area contributed by atoms with Crippen molar-refractivity contribution in [3.05, 3.63) is 23.8 Å². The minimum absolute atomic E-state index is 0.0733. The van der Waals surface area contributed by atoms with Gasteiger partial charge in [0.1, 0.15) is 11.3 Å². The van der Waals surface area contributed by atoms with Crippen molar-refractivity contribution >= 4 is 17.0 Å². The minimum Gasteiger partial charge on any atom is -0.768 e. The highest BCUT2D eigenvalue weighted by Gasteiger charge is 2.12. The van der Waals surface area contributed by atoms with E-state index in [1.54, 1.807) is 6.92 Å². The van der Waals surface area contributed by atoms with Crippen molar-refractivity contribution in [1.29, 1.82) is 0 Å². The van der Waals surface area contributed by atoms with Crippen LogP contribution in [-0.4, -0.2) is 26.4 Å². The molecule has 0 amide bonds. The summed E-state index contributed by atoms with van der Waals surface area (Å²) in [7, 11) is 0. The van der Waals surface area contributed by atoms with Crippen LogP contribution in [0.3, 0.4) is 0 Å². The molecule has 0 aromatic heterocycles. The van der Waals surface area contributed by atoms with Crippen LogP contribution in [0.2, 0.25) is 0 Å². The molecule has 1 rings (SSSR count). The summed E-state index contributed by atoms with van der Waals surface area (Å²) in [4.78, 5) is 10.7. The predicted octanol–water partition coefficient (Wildman–Crippen LogP) is 1.02. The third-order valence-corrected chi connectivity index (χ3v) is 2.31. The van der Waals surface area contributed by atoms with E-state index in [4.69, 9.17) is 9.84 Å². The van der Waals surface area contributed by atoms with E-state index >= 15 is 0 Å². The summed E-state index contributed by atoms with van der Waals surface area (Å²) in [6, 6.07) is 3.69. The van der Waals surface area contributed by atoms with Crippen molar-refractivity contribution in [2.75, 3.05) is 6.61 Å². The van der Waals surface area contributed by atoms with E-state index < -0.39 is 17.0 Å². The fourth-order valence-electron chi connectivity index (χ4n) is 1.06. The second-order valence-corrected chi connectivity index (χ2v) is 3.57. The zero-order chi connectivity index (χ0) is 11.4. The maximum Gasteiger partial charge on any atom is 0.339 e. The van der Waals surface area contributed by atoms with Crippen LogP contribution in [-0.2, 0) is 11.1 Å². The van der Waals surface area contributed by atoms with Crippen LogP contribution >= 0.6 is 0 Å². The number of ether oxygens (including phenoxy) is 1. The fourth-order valence-corrected chi connectivity index (χ4v) is 1.45. The number of aromatic carboxylic acids is 1. The summed E-state index contributed by atoms with van der Waals surface area (Å²) in [5, 5.41) is 8.82. The summed E-state index contributed by atoms with van der Waals surface area (Å²) in [6.07, 6.45) is 0. The van der Waals surface area contributed by atoms with Gasteiger partial charge in [0.2, 0.25) is 0 Å². The Morgan fingerprint density at radius 1 is 1.60 bits per heavy atom. The lowest BCUT2D eigenvalue weighted by molar-refractivity contribution is 0.0692. The second-order valence-electron chi connectivity index (χ2n) is 2.63. The Bertz CT molecular complexity index is 401. The Kier molecular flexibility index (Phi) is 3.81. The van der Waals surface area contributed by atoms with Gasteiger partial charge in [0.25, 0.3) is 0 Å². The van der Waals surface area contributed by atoms with Crippen LogP contribution in [0, 0.1) is 0 Å². The lowest BCUT2D eigenvalue weighted by Gasteiger charge is -2.10. The molecule has 1 atom stereocenters. The summed E-state index contributed by atoms with van der Waals surface area (Å²) in [5.74, 6) is -1.05. The number of carbonyl (C=O) groups is 1. The molecule has 5 nitrogen and oxygen atoms in total. The molecule has 82 valence electrons. The number of hydrogen-bond donors (Lipinski definition) is 1. The lowest BCUT2D eigenvalue weighted by Crippen LogP contribution is -2.04. The maximum absolute atomic E-state index is 10.8. The van der Waals surface area contributed by atoms with Gasteiger partial charge in [-0.3, -0.25) is 4.21 Å². The van der Waals surface area contributed by atoms with E-state index in [0.717, 1.165) is 6.07 Å². The highest BCUT2D eigenvalue weighted by atomic mass is 32.2. The monoisotopic (exact) mass is 229 g/mol. The summed E-state index contributed by atoms with van der Waals surface area (Å²) < 4.78 is 26.3. The SMILES string of the molecule is CCOc1ccc(S(=O)[O-])cc1C(=O)O. The summed E-state index contributed by atoms with van der Waals surface area (Å²) in [5.41, 5.74) is -0.154. The smallest absolute Gasteiger partial charge is 0.339 e. The molecule has 0 aliphatic carbocycles. The van der Waals surface area contributed by atoms with Crippen molar-refractivity contribution in [1.82, 2.24) is 0 Å². The highest BCUT2D eigenvalue weighted by Crippen LogP contribution is 2.21. The Labute approximate surface area is 89.0 Å². The van der Waals surface area contributed by atoms with Crippen molar-refractivity contribution in [3.8, 4) is 5.75 Å². The zero-order valence-electron chi connectivity index (χ0n) is 7.93. The molecular weight excluding hydrogens is 220 g/mol. The molecule has 1 unspecified atom stereocenters. The van der Waals surface area contributed by atoms with Crippen molar-refractivity contribution < 1.29 is 23.4 Å².